The highest BCUT2D eigenvalue weighted by Gasteiger charge is 2.22. The van der Waals surface area contributed by atoms with Gasteiger partial charge in [-0.15, -0.1) is 5.10 Å². The molecule has 11 nitrogen and oxygen atoms in total. The third-order valence-corrected chi connectivity index (χ3v) is 5.75. The zero-order valence-corrected chi connectivity index (χ0v) is 17.8. The maximum Gasteiger partial charge on any atom is 0.242 e. The van der Waals surface area contributed by atoms with Crippen LogP contribution in [0.1, 0.15) is 19.7 Å². The summed E-state index contributed by atoms with van der Waals surface area (Å²) in [5.74, 6) is -0.225. The van der Waals surface area contributed by atoms with Crippen LogP contribution in [0.25, 0.3) is 5.69 Å². The Labute approximate surface area is 178 Å². The second-order valence-corrected chi connectivity index (χ2v) is 8.44. The number of anilines is 2. The number of amides is 2. The molecule has 0 radical (unpaired) electrons. The second kappa shape index (κ2) is 9.02. The molecule has 3 N–H and O–H groups in total. The standard InChI is InChI=1S/C19H21N7O4S/c1-12(23-31(29,30)18-9-7-15(8-10-18)20-14(3)27)19(28)21-16-5-4-6-17(11-16)26-13(2)22-24-25-26/h4-12,23H,1-3H3,(H,20,27)(H,21,28)/t12-/m0/s1. The summed E-state index contributed by atoms with van der Waals surface area (Å²) >= 11 is 0. The zero-order chi connectivity index (χ0) is 22.6. The summed E-state index contributed by atoms with van der Waals surface area (Å²) in [4.78, 5) is 23.6. The fraction of sp³-hybridized carbons (Fsp3) is 0.211. The van der Waals surface area contributed by atoms with Gasteiger partial charge in [0.15, 0.2) is 5.82 Å². The number of nitrogens with zero attached hydrogens (tertiary/aromatic N) is 4. The van der Waals surface area contributed by atoms with Gasteiger partial charge in [-0.3, -0.25) is 9.59 Å². The number of aryl methyl sites for hydroxylation is 1. The van der Waals surface area contributed by atoms with Crippen LogP contribution in [0.4, 0.5) is 11.4 Å². The van der Waals surface area contributed by atoms with E-state index in [0.717, 1.165) is 0 Å². The Bertz CT molecular complexity index is 1210. The van der Waals surface area contributed by atoms with E-state index in [2.05, 4.69) is 30.9 Å². The molecular weight excluding hydrogens is 422 g/mol. The van der Waals surface area contributed by atoms with Gasteiger partial charge in [0.05, 0.1) is 16.6 Å². The van der Waals surface area contributed by atoms with Crippen molar-refractivity contribution < 1.29 is 18.0 Å². The summed E-state index contributed by atoms with van der Waals surface area (Å²) in [5, 5.41) is 16.5. The van der Waals surface area contributed by atoms with Crippen molar-refractivity contribution >= 4 is 33.2 Å². The quantitative estimate of drug-likeness (QED) is 0.497. The summed E-state index contributed by atoms with van der Waals surface area (Å²) in [6.07, 6.45) is 0. The van der Waals surface area contributed by atoms with Crippen LogP contribution >= 0.6 is 0 Å². The molecular formula is C19H21N7O4S. The lowest BCUT2D eigenvalue weighted by molar-refractivity contribution is -0.117. The van der Waals surface area contributed by atoms with Crippen LogP contribution in [-0.2, 0) is 19.6 Å². The molecule has 12 heteroatoms. The first-order valence-corrected chi connectivity index (χ1v) is 10.7. The molecule has 0 fully saturated rings. The molecule has 31 heavy (non-hydrogen) atoms. The largest absolute Gasteiger partial charge is 0.326 e. The Kier molecular flexibility index (Phi) is 6.42. The monoisotopic (exact) mass is 443 g/mol. The van der Waals surface area contributed by atoms with Gasteiger partial charge in [0, 0.05) is 18.3 Å². The maximum atomic E-state index is 12.6. The smallest absolute Gasteiger partial charge is 0.242 e. The normalized spacial score (nSPS) is 12.2. The minimum atomic E-state index is -3.95. The van der Waals surface area contributed by atoms with E-state index in [0.29, 0.717) is 22.9 Å². The van der Waals surface area contributed by atoms with Crippen molar-refractivity contribution in [1.29, 1.82) is 0 Å². The van der Waals surface area contributed by atoms with E-state index in [-0.39, 0.29) is 10.8 Å². The van der Waals surface area contributed by atoms with Crippen molar-refractivity contribution in [3.8, 4) is 5.69 Å². The molecule has 162 valence electrons. The number of sulfonamides is 1. The lowest BCUT2D eigenvalue weighted by Gasteiger charge is -2.15. The van der Waals surface area contributed by atoms with Gasteiger partial charge < -0.3 is 10.6 Å². The molecule has 2 amide bonds. The van der Waals surface area contributed by atoms with E-state index in [1.54, 1.807) is 31.2 Å². The molecule has 0 bridgehead atoms. The number of benzene rings is 2. The van der Waals surface area contributed by atoms with Crippen LogP contribution in [0.5, 0.6) is 0 Å². The van der Waals surface area contributed by atoms with Crippen LogP contribution in [0, 0.1) is 6.92 Å². The number of hydrogen-bond acceptors (Lipinski definition) is 7. The third-order valence-electron chi connectivity index (χ3n) is 4.19. The summed E-state index contributed by atoms with van der Waals surface area (Å²) in [6.45, 7) is 4.53. The first-order valence-electron chi connectivity index (χ1n) is 9.22. The molecule has 0 spiro atoms. The second-order valence-electron chi connectivity index (χ2n) is 6.73. The number of tetrazole rings is 1. The predicted molar refractivity (Wildman–Crippen MR) is 113 cm³/mol. The highest BCUT2D eigenvalue weighted by molar-refractivity contribution is 7.89. The SMILES string of the molecule is CC(=O)Nc1ccc(S(=O)(=O)N[C@@H](C)C(=O)Nc2cccc(-n3nnnc3C)c2)cc1. The van der Waals surface area contributed by atoms with E-state index >= 15 is 0 Å². The fourth-order valence-electron chi connectivity index (χ4n) is 2.71. The molecule has 3 rings (SSSR count). The van der Waals surface area contributed by atoms with Crippen molar-refractivity contribution in [3.05, 3.63) is 54.4 Å². The van der Waals surface area contributed by atoms with Crippen LogP contribution in [0.15, 0.2) is 53.4 Å². The third kappa shape index (κ3) is 5.49. The predicted octanol–water partition coefficient (Wildman–Crippen LogP) is 1.23. The molecule has 0 aliphatic carbocycles. The summed E-state index contributed by atoms with van der Waals surface area (Å²) in [6, 6.07) is 11.4. The van der Waals surface area contributed by atoms with Gasteiger partial charge in [0.2, 0.25) is 21.8 Å². The Balaban J connectivity index is 1.67. The van der Waals surface area contributed by atoms with Crippen molar-refractivity contribution in [2.75, 3.05) is 10.6 Å². The van der Waals surface area contributed by atoms with Gasteiger partial charge in [-0.25, -0.2) is 8.42 Å². The summed E-state index contributed by atoms with van der Waals surface area (Å²) in [7, 11) is -3.95. The minimum absolute atomic E-state index is 0.0302. The number of rotatable bonds is 7. The average Bonchev–Trinajstić information content (AvgIpc) is 3.13. The lowest BCUT2D eigenvalue weighted by atomic mass is 10.2. The van der Waals surface area contributed by atoms with E-state index in [4.69, 9.17) is 0 Å². The first-order chi connectivity index (χ1) is 14.7. The number of aromatic nitrogens is 4. The van der Waals surface area contributed by atoms with Crippen LogP contribution in [0.2, 0.25) is 0 Å². The Morgan fingerprint density at radius 3 is 2.35 bits per heavy atom. The lowest BCUT2D eigenvalue weighted by Crippen LogP contribution is -2.41. The van der Waals surface area contributed by atoms with E-state index in [1.165, 1.54) is 42.8 Å². The van der Waals surface area contributed by atoms with Gasteiger partial charge in [-0.05, 0) is 66.7 Å². The van der Waals surface area contributed by atoms with Crippen molar-refractivity contribution in [2.45, 2.75) is 31.7 Å². The van der Waals surface area contributed by atoms with Crippen molar-refractivity contribution in [1.82, 2.24) is 24.9 Å². The van der Waals surface area contributed by atoms with Crippen molar-refractivity contribution in [3.63, 3.8) is 0 Å². The molecule has 0 unspecified atom stereocenters. The fourth-order valence-corrected chi connectivity index (χ4v) is 3.91. The van der Waals surface area contributed by atoms with E-state index in [9.17, 15) is 18.0 Å². The number of nitrogens with one attached hydrogen (secondary N) is 3. The molecule has 1 heterocycles. The number of hydrogen-bond donors (Lipinski definition) is 3. The van der Waals surface area contributed by atoms with E-state index < -0.39 is 22.0 Å². The molecule has 0 saturated carbocycles. The molecule has 1 atom stereocenters. The van der Waals surface area contributed by atoms with Gasteiger partial charge in [-0.2, -0.15) is 9.40 Å². The molecule has 1 aromatic heterocycles. The van der Waals surface area contributed by atoms with Gasteiger partial charge in [-0.1, -0.05) is 6.07 Å². The van der Waals surface area contributed by atoms with Crippen LogP contribution < -0.4 is 15.4 Å². The number of carbonyl (C=O) groups is 2. The molecule has 3 aromatic rings. The zero-order valence-electron chi connectivity index (χ0n) is 17.0. The topological polar surface area (TPSA) is 148 Å². The Morgan fingerprint density at radius 2 is 1.74 bits per heavy atom. The average molecular weight is 443 g/mol. The number of carbonyl (C=O) groups excluding carboxylic acids is 2. The molecule has 0 aliphatic rings. The van der Waals surface area contributed by atoms with Crippen molar-refractivity contribution in [2.24, 2.45) is 0 Å². The van der Waals surface area contributed by atoms with Gasteiger partial charge >= 0.3 is 0 Å². The van der Waals surface area contributed by atoms with E-state index in [1.807, 2.05) is 0 Å². The molecule has 2 aromatic carbocycles. The highest BCUT2D eigenvalue weighted by Crippen LogP contribution is 2.16. The highest BCUT2D eigenvalue weighted by atomic mass is 32.2. The molecule has 0 saturated heterocycles. The summed E-state index contributed by atoms with van der Waals surface area (Å²) in [5.41, 5.74) is 1.57. The van der Waals surface area contributed by atoms with Gasteiger partial charge in [0.1, 0.15) is 0 Å². The van der Waals surface area contributed by atoms with Gasteiger partial charge in [0.25, 0.3) is 0 Å². The summed E-state index contributed by atoms with van der Waals surface area (Å²) < 4.78 is 29.0. The van der Waals surface area contributed by atoms with Crippen LogP contribution in [0.3, 0.4) is 0 Å². The first kappa shape index (κ1) is 22.1. The van der Waals surface area contributed by atoms with Crippen LogP contribution in [-0.4, -0.2) is 46.5 Å². The Morgan fingerprint density at radius 1 is 1.03 bits per heavy atom. The maximum absolute atomic E-state index is 12.6. The molecule has 0 aliphatic heterocycles. The Hall–Kier alpha value is -3.64. The minimum Gasteiger partial charge on any atom is -0.326 e.